The minimum Gasteiger partial charge on any atom is -0.421 e. The summed E-state index contributed by atoms with van der Waals surface area (Å²) in [5.74, 6) is -0.470. The van der Waals surface area contributed by atoms with Gasteiger partial charge in [-0.15, -0.1) is 4.33 Å². The van der Waals surface area contributed by atoms with E-state index in [1.165, 1.54) is 130 Å². The van der Waals surface area contributed by atoms with Crippen LogP contribution in [-0.4, -0.2) is 207 Å². The first kappa shape index (κ1) is 74.5. The fourth-order valence-corrected chi connectivity index (χ4v) is 17.2. The number of hydrogen-bond acceptors (Lipinski definition) is 21. The molecule has 3 aliphatic heterocycles. The minimum atomic E-state index is -2.49. The number of aliphatic hydroxyl groups is 7. The van der Waals surface area contributed by atoms with Gasteiger partial charge in [0.1, 0.15) is 59.7 Å². The van der Waals surface area contributed by atoms with Gasteiger partial charge >= 0.3 is 8.80 Å². The van der Waals surface area contributed by atoms with Crippen LogP contribution >= 0.6 is 12.0 Å². The first-order valence-corrected chi connectivity index (χ1v) is 35.1. The molecule has 9 N–H and O–H groups in total. The van der Waals surface area contributed by atoms with Crippen molar-refractivity contribution in [1.82, 2.24) is 10.2 Å². The zero-order chi connectivity index (χ0) is 59.6. The number of ether oxygens (including phenoxy) is 5. The van der Waals surface area contributed by atoms with Crippen LogP contribution in [-0.2, 0) is 50.8 Å². The smallest absolute Gasteiger partial charge is 0.421 e. The molecule has 15 atom stereocenters. The average molecular weight is 1220 g/mol. The number of carbonyl (C=O) groups excluding carboxylic acids is 1. The molecule has 3 heterocycles. The van der Waals surface area contributed by atoms with Gasteiger partial charge in [-0.25, -0.2) is 5.26 Å². The number of allylic oxidation sites excluding steroid dienone is 2. The Bertz CT molecular complexity index is 1640. The lowest BCUT2D eigenvalue weighted by atomic mass is 9.88. The summed E-state index contributed by atoms with van der Waals surface area (Å²) in [6.45, 7) is 14.2. The van der Waals surface area contributed by atoms with Crippen molar-refractivity contribution in [2.24, 2.45) is 0 Å². The van der Waals surface area contributed by atoms with Crippen molar-refractivity contribution in [2.75, 3.05) is 46.6 Å². The van der Waals surface area contributed by atoms with E-state index in [-0.39, 0.29) is 0 Å². The number of nitrogens with zero attached hydrogens (tertiary/aromatic N) is 1. The van der Waals surface area contributed by atoms with Gasteiger partial charge in [-0.2, -0.15) is 0 Å². The summed E-state index contributed by atoms with van der Waals surface area (Å²) in [6, 6.07) is -0.0612. The first-order chi connectivity index (χ1) is 38.9. The zero-order valence-corrected chi connectivity index (χ0v) is 53.9. The molecule has 3 aliphatic rings. The van der Waals surface area contributed by atoms with Gasteiger partial charge in [-0.05, 0) is 98.3 Å². The van der Waals surface area contributed by atoms with Crippen LogP contribution in [0, 0.1) is 0 Å². The molecule has 0 radical (unpaired) electrons. The van der Waals surface area contributed by atoms with E-state index in [1.807, 2.05) is 20.9 Å². The van der Waals surface area contributed by atoms with E-state index in [0.717, 1.165) is 38.3 Å². The first-order valence-electron chi connectivity index (χ1n) is 31.0. The van der Waals surface area contributed by atoms with E-state index in [1.54, 1.807) is 0 Å². The second-order valence-electron chi connectivity index (χ2n) is 23.2. The SMILES string of the molecule is CCO[Si](CCCCCCCCCCCCCCCCCCCC/C=C/CCCN(C)CCCC1OC(CO)C(OC2OC(CO)C(O)C(C)(SOOO)C2O)C(OC2OC(C)C(O)C(O)C2O)C1NC(C)=O)(OCC)O[SiH2]C(C)C. The van der Waals surface area contributed by atoms with Crippen molar-refractivity contribution in [3.8, 4) is 0 Å². The fraction of sp³-hybridized carbons (Fsp3) is 0.947. The molecule has 0 spiro atoms. The Morgan fingerprint density at radius 1 is 0.679 bits per heavy atom. The van der Waals surface area contributed by atoms with Crippen LogP contribution in [0.4, 0.5) is 0 Å². The maximum absolute atomic E-state index is 12.9. The van der Waals surface area contributed by atoms with Crippen LogP contribution < -0.4 is 5.32 Å². The molecule has 0 aromatic carbocycles. The number of unbranched alkanes of at least 4 members (excludes halogenated alkanes) is 19. The molecule has 15 unspecified atom stereocenters. The number of carbonyl (C=O) groups is 1. The van der Waals surface area contributed by atoms with Gasteiger partial charge in [-0.3, -0.25) is 4.79 Å². The molecule has 0 saturated carbocycles. The quantitative estimate of drug-likeness (QED) is 0.00783. The summed E-state index contributed by atoms with van der Waals surface area (Å²) in [4.78, 5) is 15.1. The predicted molar refractivity (Wildman–Crippen MR) is 315 cm³/mol. The number of amides is 1. The third-order valence-corrected chi connectivity index (χ3v) is 22.3. The Hall–Kier alpha value is -0.766. The van der Waals surface area contributed by atoms with Crippen LogP contribution in [0.2, 0.25) is 11.6 Å². The Labute approximate surface area is 493 Å². The van der Waals surface area contributed by atoms with Gasteiger partial charge in [0, 0.05) is 38.2 Å². The maximum Gasteiger partial charge on any atom is 0.490 e. The molecular formula is C57H112N2O19SSi2. The molecule has 3 rings (SSSR count). The zero-order valence-electron chi connectivity index (χ0n) is 50.7. The summed E-state index contributed by atoms with van der Waals surface area (Å²) >= 11 is 0.350. The molecule has 0 aromatic heterocycles. The molecule has 81 heavy (non-hydrogen) atoms. The van der Waals surface area contributed by atoms with Crippen molar-refractivity contribution < 1.29 is 91.8 Å². The Balaban J connectivity index is 1.32. The molecular weight excluding hydrogens is 1100 g/mol. The third kappa shape index (κ3) is 26.6. The second-order valence-corrected chi connectivity index (χ2v) is 30.0. The molecule has 0 aliphatic carbocycles. The van der Waals surface area contributed by atoms with Gasteiger partial charge in [0.2, 0.25) is 5.91 Å². The van der Waals surface area contributed by atoms with Crippen molar-refractivity contribution in [1.29, 1.82) is 0 Å². The molecule has 0 bridgehead atoms. The summed E-state index contributed by atoms with van der Waals surface area (Å²) in [5.41, 5.74) is 0.614. The van der Waals surface area contributed by atoms with Crippen LogP contribution in [0.25, 0.3) is 0 Å². The summed E-state index contributed by atoms with van der Waals surface area (Å²) in [5, 5.41) is 91.1. The van der Waals surface area contributed by atoms with Crippen LogP contribution in [0.3, 0.4) is 0 Å². The van der Waals surface area contributed by atoms with E-state index in [2.05, 4.69) is 45.6 Å². The number of nitrogens with one attached hydrogen (secondary N) is 1. The van der Waals surface area contributed by atoms with Gasteiger partial charge in [0.25, 0.3) is 0 Å². The van der Waals surface area contributed by atoms with E-state index in [4.69, 9.17) is 41.9 Å². The van der Waals surface area contributed by atoms with E-state index >= 15 is 0 Å². The third-order valence-electron chi connectivity index (χ3n) is 15.8. The standard InChI is InChI=1S/C57H112N2O19SSi2/c1-9-69-81(70-10-2,78-80-41(3)4)38-33-31-29-27-25-23-21-19-17-15-13-11-12-14-16-18-20-22-24-26-28-30-32-36-59(8)37-34-35-44-47(58-43(6)62)52(75-55-50(65)49(64)48(63)42(5)71-55)51(45(39-60)72-44)74-56-54(67)57(7,79-77-76-68)53(66)46(40-61)73-56/h26,28,41-42,44-56,60-61,63-68H,9-25,27,29-40,80H2,1-8H3,(H,58,62)/b28-26+. The molecule has 24 heteroatoms. The Kier molecular flexibility index (Phi) is 38.8. The Morgan fingerprint density at radius 2 is 1.20 bits per heavy atom. The number of hydrogen-bond donors (Lipinski definition) is 9. The topological polar surface area (TPSA) is 286 Å². The van der Waals surface area contributed by atoms with Crippen molar-refractivity contribution in [2.45, 2.75) is 298 Å². The summed E-state index contributed by atoms with van der Waals surface area (Å²) in [6.07, 6.45) is 13.9. The highest BCUT2D eigenvalue weighted by Crippen LogP contribution is 2.43. The summed E-state index contributed by atoms with van der Waals surface area (Å²) in [7, 11) is -1.06. The second kappa shape index (κ2) is 42.2. The highest BCUT2D eigenvalue weighted by Gasteiger charge is 2.58. The molecule has 0 aromatic rings. The average Bonchev–Trinajstić information content (AvgIpc) is 3.59. The van der Waals surface area contributed by atoms with E-state index in [0.29, 0.717) is 50.2 Å². The summed E-state index contributed by atoms with van der Waals surface area (Å²) < 4.78 is 52.3. The van der Waals surface area contributed by atoms with E-state index < -0.39 is 128 Å². The van der Waals surface area contributed by atoms with Gasteiger partial charge in [-0.1, -0.05) is 134 Å². The largest absolute Gasteiger partial charge is 0.490 e. The monoisotopic (exact) mass is 1220 g/mol. The molecule has 478 valence electrons. The van der Waals surface area contributed by atoms with Crippen molar-refractivity contribution in [3.05, 3.63) is 12.2 Å². The lowest BCUT2D eigenvalue weighted by Gasteiger charge is -2.52. The normalized spacial score (nSPS) is 30.4. The van der Waals surface area contributed by atoms with Gasteiger partial charge < -0.3 is 82.6 Å². The van der Waals surface area contributed by atoms with Crippen LogP contribution in [0.15, 0.2) is 12.2 Å². The highest BCUT2D eigenvalue weighted by atomic mass is 32.2. The minimum absolute atomic E-state index is 0.350. The predicted octanol–water partition coefficient (Wildman–Crippen LogP) is 6.52. The lowest BCUT2D eigenvalue weighted by Crippen LogP contribution is -2.70. The fourth-order valence-electron chi connectivity index (χ4n) is 11.0. The van der Waals surface area contributed by atoms with Crippen molar-refractivity contribution >= 4 is 36.5 Å². The highest BCUT2D eigenvalue weighted by molar-refractivity contribution is 7.96. The lowest BCUT2D eigenvalue weighted by molar-refractivity contribution is -0.433. The molecule has 3 saturated heterocycles. The number of aliphatic hydroxyl groups excluding tert-OH is 7. The molecule has 1 amide bonds. The molecule has 21 nitrogen and oxygen atoms in total. The van der Waals surface area contributed by atoms with Crippen molar-refractivity contribution in [3.63, 3.8) is 0 Å². The maximum atomic E-state index is 12.9. The Morgan fingerprint density at radius 3 is 1.72 bits per heavy atom. The van der Waals surface area contributed by atoms with Gasteiger partial charge in [0.15, 0.2) is 22.3 Å². The van der Waals surface area contributed by atoms with E-state index in [9.17, 15) is 40.5 Å². The van der Waals surface area contributed by atoms with Crippen LogP contribution in [0.5, 0.6) is 0 Å². The number of rotatable bonds is 46. The van der Waals surface area contributed by atoms with Crippen LogP contribution in [0.1, 0.15) is 196 Å². The molecule has 3 fully saturated rings. The van der Waals surface area contributed by atoms with Gasteiger partial charge in [0.05, 0.1) is 31.5 Å².